The Morgan fingerprint density at radius 3 is 2.43 bits per heavy atom. The van der Waals surface area contributed by atoms with Crippen molar-refractivity contribution in [2.75, 3.05) is 13.7 Å². The van der Waals surface area contributed by atoms with Gasteiger partial charge in [-0.2, -0.15) is 0 Å². The molecule has 1 aliphatic rings. The van der Waals surface area contributed by atoms with Crippen LogP contribution >= 0.6 is 0 Å². The van der Waals surface area contributed by atoms with Crippen molar-refractivity contribution in [2.24, 2.45) is 0 Å². The predicted molar refractivity (Wildman–Crippen MR) is 90.8 cm³/mol. The molecule has 1 amide bonds. The molecule has 7 heteroatoms. The molecular formula is C16H31NO5Si. The van der Waals surface area contributed by atoms with E-state index >= 15 is 0 Å². The van der Waals surface area contributed by atoms with Crippen molar-refractivity contribution in [1.29, 1.82) is 0 Å². The topological polar surface area (TPSA) is 65.1 Å². The molecule has 1 aliphatic heterocycles. The van der Waals surface area contributed by atoms with E-state index in [1.165, 1.54) is 4.90 Å². The summed E-state index contributed by atoms with van der Waals surface area (Å²) in [5.41, 5.74) is 0. The molecule has 3 atom stereocenters. The Balaban J connectivity index is 2.87. The summed E-state index contributed by atoms with van der Waals surface area (Å²) >= 11 is 0. The summed E-state index contributed by atoms with van der Waals surface area (Å²) < 4.78 is 16.7. The highest BCUT2D eigenvalue weighted by molar-refractivity contribution is 6.74. The van der Waals surface area contributed by atoms with E-state index < -0.39 is 20.5 Å². The van der Waals surface area contributed by atoms with Crippen LogP contribution in [0.3, 0.4) is 0 Å². The molecular weight excluding hydrogens is 314 g/mol. The Labute approximate surface area is 140 Å². The lowest BCUT2D eigenvalue weighted by atomic mass is 10.0. The van der Waals surface area contributed by atoms with Crippen LogP contribution in [-0.2, 0) is 18.7 Å². The largest absolute Gasteiger partial charge is 0.466 e. The first-order valence-electron chi connectivity index (χ1n) is 8.17. The molecule has 1 saturated heterocycles. The zero-order chi connectivity index (χ0) is 18.0. The van der Waals surface area contributed by atoms with Gasteiger partial charge in [-0.15, -0.1) is 0 Å². The zero-order valence-corrected chi connectivity index (χ0v) is 16.6. The van der Waals surface area contributed by atoms with E-state index in [-0.39, 0.29) is 29.6 Å². The van der Waals surface area contributed by atoms with Crippen LogP contribution in [0.5, 0.6) is 0 Å². The van der Waals surface area contributed by atoms with Crippen LogP contribution < -0.4 is 0 Å². The van der Waals surface area contributed by atoms with Gasteiger partial charge in [0, 0.05) is 7.05 Å². The third-order valence-corrected chi connectivity index (χ3v) is 9.38. The molecule has 0 saturated carbocycles. The number of nitrogens with zero attached hydrogens (tertiary/aromatic N) is 1. The van der Waals surface area contributed by atoms with Crippen LogP contribution in [0.4, 0.5) is 4.79 Å². The van der Waals surface area contributed by atoms with Crippen LogP contribution in [0.15, 0.2) is 0 Å². The molecule has 1 rings (SSSR count). The fourth-order valence-corrected chi connectivity index (χ4v) is 3.95. The van der Waals surface area contributed by atoms with Crippen molar-refractivity contribution >= 4 is 20.4 Å². The average molecular weight is 346 g/mol. The van der Waals surface area contributed by atoms with Crippen LogP contribution in [0.2, 0.25) is 18.1 Å². The lowest BCUT2D eigenvalue weighted by molar-refractivity contribution is -0.145. The lowest BCUT2D eigenvalue weighted by Crippen LogP contribution is -2.51. The molecule has 1 heterocycles. The highest BCUT2D eigenvalue weighted by Gasteiger charge is 2.47. The van der Waals surface area contributed by atoms with Gasteiger partial charge in [0.1, 0.15) is 6.10 Å². The van der Waals surface area contributed by atoms with E-state index in [0.29, 0.717) is 6.61 Å². The number of carbonyl (C=O) groups is 2. The molecule has 6 nitrogen and oxygen atoms in total. The maximum atomic E-state index is 11.9. The number of cyclic esters (lactones) is 1. The van der Waals surface area contributed by atoms with Crippen LogP contribution in [-0.4, -0.2) is 57.2 Å². The first kappa shape index (κ1) is 20.0. The van der Waals surface area contributed by atoms with Crippen LogP contribution in [0.1, 0.15) is 41.0 Å². The number of hydrogen-bond donors (Lipinski definition) is 0. The fraction of sp³-hybridized carbons (Fsp3) is 0.875. The molecule has 1 fully saturated rings. The molecule has 0 spiro atoms. The van der Waals surface area contributed by atoms with Crippen molar-refractivity contribution in [3.8, 4) is 0 Å². The van der Waals surface area contributed by atoms with Gasteiger partial charge in [0.15, 0.2) is 8.32 Å². The van der Waals surface area contributed by atoms with E-state index in [2.05, 4.69) is 33.9 Å². The lowest BCUT2D eigenvalue weighted by Gasteiger charge is -2.41. The SMILES string of the molecule is CCOC(=O)C[C@@H]1OC(=O)N(C)[C@@H]1[C@@H](C)O[Si](C)(C)C(C)(C)C. The highest BCUT2D eigenvalue weighted by Crippen LogP contribution is 2.38. The third kappa shape index (κ3) is 4.70. The number of hydrogen-bond acceptors (Lipinski definition) is 5. The fourth-order valence-electron chi connectivity index (χ4n) is 2.53. The Kier molecular flexibility index (Phi) is 6.26. The van der Waals surface area contributed by atoms with Gasteiger partial charge in [-0.25, -0.2) is 4.79 Å². The van der Waals surface area contributed by atoms with Crippen LogP contribution in [0.25, 0.3) is 0 Å². The molecule has 134 valence electrons. The van der Waals surface area contributed by atoms with Gasteiger partial charge in [-0.05, 0) is 32.0 Å². The number of likely N-dealkylation sites (N-methyl/N-ethyl adjacent to an activating group) is 1. The summed E-state index contributed by atoms with van der Waals surface area (Å²) in [6, 6.07) is -0.291. The monoisotopic (exact) mass is 345 g/mol. The van der Waals surface area contributed by atoms with Crippen molar-refractivity contribution in [1.82, 2.24) is 4.90 Å². The standard InChI is InChI=1S/C16H31NO5Si/c1-9-20-13(18)10-12-14(17(6)15(19)21-12)11(2)22-23(7,8)16(3,4)5/h11-12,14H,9-10H2,1-8H3/t11-,12+,14-/m1/s1. The van der Waals surface area contributed by atoms with E-state index in [9.17, 15) is 9.59 Å². The Hall–Kier alpha value is -1.08. The molecule has 0 radical (unpaired) electrons. The third-order valence-electron chi connectivity index (χ3n) is 4.81. The number of esters is 1. The summed E-state index contributed by atoms with van der Waals surface area (Å²) in [4.78, 5) is 25.2. The van der Waals surface area contributed by atoms with Gasteiger partial charge in [-0.3, -0.25) is 4.79 Å². The van der Waals surface area contributed by atoms with Crippen molar-refractivity contribution in [3.63, 3.8) is 0 Å². The average Bonchev–Trinajstić information content (AvgIpc) is 2.62. The number of ether oxygens (including phenoxy) is 2. The second-order valence-electron chi connectivity index (χ2n) is 7.62. The maximum absolute atomic E-state index is 11.9. The first-order chi connectivity index (χ1) is 10.4. The van der Waals surface area contributed by atoms with Crippen molar-refractivity contribution in [3.05, 3.63) is 0 Å². The van der Waals surface area contributed by atoms with Gasteiger partial charge in [-0.1, -0.05) is 20.8 Å². The molecule has 0 bridgehead atoms. The quantitative estimate of drug-likeness (QED) is 0.546. The minimum atomic E-state index is -1.98. The maximum Gasteiger partial charge on any atom is 0.410 e. The number of rotatable bonds is 6. The van der Waals surface area contributed by atoms with Crippen molar-refractivity contribution < 1.29 is 23.5 Å². The summed E-state index contributed by atoms with van der Waals surface area (Å²) in [5, 5.41) is 0.0694. The number of amides is 1. The summed E-state index contributed by atoms with van der Waals surface area (Å²) in [6.45, 7) is 14.9. The second kappa shape index (κ2) is 7.21. The Morgan fingerprint density at radius 2 is 1.96 bits per heavy atom. The van der Waals surface area contributed by atoms with Gasteiger partial charge in [0.05, 0.1) is 25.2 Å². The molecule has 0 aromatic carbocycles. The van der Waals surface area contributed by atoms with Crippen LogP contribution in [0, 0.1) is 0 Å². The smallest absolute Gasteiger partial charge is 0.410 e. The zero-order valence-electron chi connectivity index (χ0n) is 15.6. The Morgan fingerprint density at radius 1 is 1.39 bits per heavy atom. The molecule has 0 aromatic rings. The summed E-state index contributed by atoms with van der Waals surface area (Å²) in [7, 11) is -0.297. The first-order valence-corrected chi connectivity index (χ1v) is 11.1. The number of carbonyl (C=O) groups excluding carboxylic acids is 2. The van der Waals surface area contributed by atoms with Gasteiger partial charge < -0.3 is 18.8 Å². The molecule has 23 heavy (non-hydrogen) atoms. The van der Waals surface area contributed by atoms with Crippen molar-refractivity contribution in [2.45, 2.75) is 77.4 Å². The van der Waals surface area contributed by atoms with E-state index in [0.717, 1.165) is 0 Å². The molecule has 0 aromatic heterocycles. The predicted octanol–water partition coefficient (Wildman–Crippen LogP) is 3.17. The van der Waals surface area contributed by atoms with Gasteiger partial charge in [0.2, 0.25) is 0 Å². The minimum Gasteiger partial charge on any atom is -0.466 e. The summed E-state index contributed by atoms with van der Waals surface area (Å²) in [6.07, 6.45) is -1.12. The van der Waals surface area contributed by atoms with E-state index in [4.69, 9.17) is 13.9 Å². The second-order valence-corrected chi connectivity index (χ2v) is 12.4. The molecule has 0 unspecified atom stereocenters. The van der Waals surface area contributed by atoms with Gasteiger partial charge in [0.25, 0.3) is 0 Å². The molecule has 0 aliphatic carbocycles. The highest BCUT2D eigenvalue weighted by atomic mass is 28.4. The van der Waals surface area contributed by atoms with Gasteiger partial charge >= 0.3 is 12.1 Å². The van der Waals surface area contributed by atoms with E-state index in [1.807, 2.05) is 6.92 Å². The summed E-state index contributed by atoms with van der Waals surface area (Å²) in [5.74, 6) is -0.356. The normalized spacial score (nSPS) is 23.7. The minimum absolute atomic E-state index is 0.0553. The van der Waals surface area contributed by atoms with E-state index in [1.54, 1.807) is 14.0 Å². The Bertz CT molecular complexity index is 446. The molecule has 0 N–H and O–H groups in total.